The Hall–Kier alpha value is -8.80. The van der Waals surface area contributed by atoms with Crippen molar-refractivity contribution < 1.29 is 44.6 Å². The van der Waals surface area contributed by atoms with Crippen LogP contribution in [0.15, 0.2) is 105 Å². The minimum Gasteiger partial charge on any atom is -0.497 e. The Labute approximate surface area is 476 Å². The fourth-order valence-corrected chi connectivity index (χ4v) is 13.0. The molecule has 4 N–H and O–H groups in total. The largest absolute Gasteiger partial charge is 0.497 e. The van der Waals surface area contributed by atoms with Crippen molar-refractivity contribution in [2.75, 3.05) is 40.4 Å². The zero-order valence-electron chi connectivity index (χ0n) is 46.4. The summed E-state index contributed by atoms with van der Waals surface area (Å²) < 4.78 is 129. The maximum absolute atomic E-state index is 15.4. The van der Waals surface area contributed by atoms with Crippen molar-refractivity contribution in [1.82, 2.24) is 19.9 Å². The smallest absolute Gasteiger partial charge is 0.200 e. The maximum atomic E-state index is 15.4. The lowest BCUT2D eigenvalue weighted by atomic mass is 9.84. The maximum Gasteiger partial charge on any atom is 0.200 e. The van der Waals surface area contributed by atoms with Gasteiger partial charge in [0.15, 0.2) is 34.9 Å². The molecular formula is C66H56F8N8O2. The molecule has 18 heteroatoms. The van der Waals surface area contributed by atoms with Crippen LogP contribution in [0.3, 0.4) is 0 Å². The summed E-state index contributed by atoms with van der Waals surface area (Å²) in [4.78, 5) is 32.8. The minimum absolute atomic E-state index is 0.0560. The van der Waals surface area contributed by atoms with Crippen LogP contribution >= 0.6 is 0 Å². The fourth-order valence-electron chi connectivity index (χ4n) is 13.0. The van der Waals surface area contributed by atoms with E-state index in [0.29, 0.717) is 80.8 Å². The molecule has 0 fully saturated rings. The van der Waals surface area contributed by atoms with Gasteiger partial charge in [0.05, 0.1) is 59.8 Å². The van der Waals surface area contributed by atoms with Gasteiger partial charge >= 0.3 is 0 Å². The lowest BCUT2D eigenvalue weighted by Gasteiger charge is -2.24. The summed E-state index contributed by atoms with van der Waals surface area (Å²) in [5, 5.41) is 4.24. The molecule has 0 radical (unpaired) electrons. The second kappa shape index (κ2) is 21.8. The monoisotopic (exact) mass is 1140 g/mol. The van der Waals surface area contributed by atoms with Gasteiger partial charge in [-0.15, -0.1) is 0 Å². The van der Waals surface area contributed by atoms with E-state index in [1.54, 1.807) is 14.2 Å². The molecule has 2 unspecified atom stereocenters. The Morgan fingerprint density at radius 2 is 0.726 bits per heavy atom. The summed E-state index contributed by atoms with van der Waals surface area (Å²) in [6.45, 7) is 6.12. The number of ether oxygens (including phenoxy) is 2. The highest BCUT2D eigenvalue weighted by Crippen LogP contribution is 2.41. The summed E-state index contributed by atoms with van der Waals surface area (Å²) in [5.74, 6) is -13.1. The number of hydrogen-bond donors (Lipinski definition) is 4. The second-order valence-electron chi connectivity index (χ2n) is 22.1. The summed E-state index contributed by atoms with van der Waals surface area (Å²) >= 11 is 0. The van der Waals surface area contributed by atoms with Gasteiger partial charge in [-0.1, -0.05) is 24.3 Å². The van der Waals surface area contributed by atoms with Gasteiger partial charge in [0.25, 0.3) is 0 Å². The summed E-state index contributed by atoms with van der Waals surface area (Å²) in [6.07, 6.45) is 3.46. The van der Waals surface area contributed by atoms with Gasteiger partial charge in [-0.05, 0) is 153 Å². The number of nitrogens with zero attached hydrogens (tertiary/aromatic N) is 4. The van der Waals surface area contributed by atoms with E-state index in [1.807, 2.05) is 61.5 Å². The third kappa shape index (κ3) is 9.62. The van der Waals surface area contributed by atoms with Crippen molar-refractivity contribution in [2.45, 2.75) is 77.0 Å². The molecule has 4 aromatic heterocycles. The van der Waals surface area contributed by atoms with Crippen LogP contribution in [-0.4, -0.2) is 83.2 Å². The van der Waals surface area contributed by atoms with Crippen LogP contribution < -0.4 is 9.47 Å². The van der Waals surface area contributed by atoms with E-state index < -0.39 is 63.9 Å². The highest BCUT2D eigenvalue weighted by atomic mass is 19.2. The molecule has 84 heavy (non-hydrogen) atoms. The number of H-pyrrole nitrogens is 4. The second-order valence-corrected chi connectivity index (χ2v) is 22.1. The summed E-state index contributed by atoms with van der Waals surface area (Å²) in [5.41, 5.74) is 15.4. The number of aromatic amines is 4. The number of nitrogens with one attached hydrogen (secondary N) is 4. The predicted molar refractivity (Wildman–Crippen MR) is 313 cm³/mol. The first-order valence-corrected chi connectivity index (χ1v) is 28.0. The number of benzene rings is 6. The van der Waals surface area contributed by atoms with E-state index in [0.717, 1.165) is 125 Å². The standard InChI is InChI=1S/C33H27F5N4O.C33H29F3N4O/c1-15-3-5-18-20-7-9-39-24(32(20)41-22(18)11-15)12-16(26-27(34)29(36)31(38)30(37)28(26)35)13-25-33-21(8-10-40-25)19-6-4-17(43-2)14-23(19)42-33;1-17-3-5-20-22-7-9-37-30(32(22)39-28(20)11-17)12-18(24-15-26(35)27(36)16-25(24)34)13-31-33-23(8-10-38-31)21-6-4-19(41-2)14-29(21)40-33/h3-6,11,14,16,41-42H,7-10,12-13H2,1-2H3;3-6,11,14-16,18,39-40H,7-10,12-13H2,1-2H3. The highest BCUT2D eigenvalue weighted by Gasteiger charge is 2.36. The first-order valence-electron chi connectivity index (χ1n) is 28.0. The summed E-state index contributed by atoms with van der Waals surface area (Å²) in [6, 6.07) is 25.6. The third-order valence-corrected chi connectivity index (χ3v) is 17.1. The first-order chi connectivity index (χ1) is 40.6. The van der Waals surface area contributed by atoms with Gasteiger partial charge in [0.2, 0.25) is 5.82 Å². The lowest BCUT2D eigenvalue weighted by molar-refractivity contribution is 0.364. The molecular weight excluding hydrogens is 1090 g/mol. The van der Waals surface area contributed by atoms with Gasteiger partial charge in [0.1, 0.15) is 17.3 Å². The summed E-state index contributed by atoms with van der Waals surface area (Å²) in [7, 11) is 3.20. The van der Waals surface area contributed by atoms with Gasteiger partial charge < -0.3 is 29.4 Å². The molecule has 0 aliphatic carbocycles. The van der Waals surface area contributed by atoms with Crippen LogP contribution in [0, 0.1) is 60.4 Å². The van der Waals surface area contributed by atoms with Crippen LogP contribution in [0.2, 0.25) is 0 Å². The first kappa shape index (κ1) is 54.4. The van der Waals surface area contributed by atoms with Crippen molar-refractivity contribution in [3.8, 4) is 11.5 Å². The van der Waals surface area contributed by atoms with Crippen LogP contribution in [0.1, 0.15) is 105 Å². The number of aryl methyl sites for hydroxylation is 2. The molecule has 0 bridgehead atoms. The lowest BCUT2D eigenvalue weighted by Crippen LogP contribution is -2.22. The number of methoxy groups -OCH3 is 2. The minimum atomic E-state index is -2.18. The highest BCUT2D eigenvalue weighted by molar-refractivity contribution is 6.11. The van der Waals surface area contributed by atoms with E-state index in [2.05, 4.69) is 55.0 Å². The average molecular weight is 1150 g/mol. The molecule has 14 rings (SSSR count). The fraction of sp³-hybridized carbons (Fsp3) is 0.273. The molecule has 2 atom stereocenters. The molecule has 0 amide bonds. The molecule has 4 aliphatic heterocycles. The number of rotatable bonds is 12. The van der Waals surface area contributed by atoms with Crippen LogP contribution in [-0.2, 0) is 25.7 Å². The van der Waals surface area contributed by atoms with Crippen molar-refractivity contribution in [1.29, 1.82) is 0 Å². The molecule has 8 heterocycles. The van der Waals surface area contributed by atoms with Crippen molar-refractivity contribution in [3.63, 3.8) is 0 Å². The Balaban J connectivity index is 0.000000157. The zero-order chi connectivity index (χ0) is 58.2. The molecule has 428 valence electrons. The molecule has 0 spiro atoms. The van der Waals surface area contributed by atoms with Crippen molar-refractivity contribution in [2.24, 2.45) is 20.0 Å². The molecule has 0 saturated carbocycles. The van der Waals surface area contributed by atoms with E-state index in [-0.39, 0.29) is 18.4 Å². The number of halogens is 8. The molecule has 4 aliphatic rings. The van der Waals surface area contributed by atoms with Crippen LogP contribution in [0.4, 0.5) is 35.1 Å². The van der Waals surface area contributed by atoms with Gasteiger partial charge in [-0.3, -0.25) is 20.0 Å². The predicted octanol–water partition coefficient (Wildman–Crippen LogP) is 15.0. The zero-order valence-corrected chi connectivity index (χ0v) is 46.4. The Kier molecular flexibility index (Phi) is 14.1. The van der Waals surface area contributed by atoms with E-state index in [9.17, 15) is 22.0 Å². The Bertz CT molecular complexity index is 4440. The molecule has 10 aromatic rings. The quantitative estimate of drug-likeness (QED) is 0.0552. The third-order valence-electron chi connectivity index (χ3n) is 17.1. The topological polar surface area (TPSA) is 131 Å². The van der Waals surface area contributed by atoms with Crippen molar-refractivity contribution >= 4 is 66.5 Å². The number of aliphatic imine (C=N–C) groups is 4. The molecule has 6 aromatic carbocycles. The van der Waals surface area contributed by atoms with E-state index in [1.165, 1.54) is 5.56 Å². The molecule has 0 saturated heterocycles. The SMILES string of the molecule is COc1ccc2c3c([nH]c2c1)C(CC(CC1=NCCc2c1[nH]c1cc(C)ccc21)c1c(F)c(F)c(F)c(F)c1F)=NCC3.COc1ccc2c3c([nH]c2c1)C(CC(CC1=NCCc2c1[nH]c1cc(C)ccc21)c1cc(F)c(F)cc1F)=NCC3. The molecule has 10 nitrogen and oxygen atoms in total. The van der Waals surface area contributed by atoms with Crippen molar-refractivity contribution in [3.05, 3.63) is 199 Å². The van der Waals surface area contributed by atoms with Crippen LogP contribution in [0.25, 0.3) is 43.6 Å². The van der Waals surface area contributed by atoms with E-state index in [4.69, 9.17) is 19.5 Å². The van der Waals surface area contributed by atoms with Gasteiger partial charge in [-0.25, -0.2) is 35.1 Å². The number of fused-ring (bicyclic) bond motifs is 12. The average Bonchev–Trinajstić information content (AvgIpc) is 4.48. The van der Waals surface area contributed by atoms with Gasteiger partial charge in [0, 0.05) is 99.5 Å². The normalized spacial score (nSPS) is 15.4. The number of aromatic nitrogens is 4. The number of hydrogen-bond acceptors (Lipinski definition) is 6. The van der Waals surface area contributed by atoms with Crippen LogP contribution in [0.5, 0.6) is 11.5 Å². The van der Waals surface area contributed by atoms with Gasteiger partial charge in [-0.2, -0.15) is 0 Å². The van der Waals surface area contributed by atoms with E-state index >= 15 is 13.2 Å². The Morgan fingerprint density at radius 1 is 0.393 bits per heavy atom. The Morgan fingerprint density at radius 3 is 1.11 bits per heavy atom.